The predicted octanol–water partition coefficient (Wildman–Crippen LogP) is 1.69. The number of carbonyl (C=O) groups excluding carboxylic acids is 3. The fourth-order valence-electron chi connectivity index (χ4n) is 1.96. The average molecular weight is 390 g/mol. The van der Waals surface area contributed by atoms with Crippen LogP contribution in [0.3, 0.4) is 0 Å². The van der Waals surface area contributed by atoms with Crippen molar-refractivity contribution in [3.05, 3.63) is 69.5 Å². The first-order valence-corrected chi connectivity index (χ1v) is 7.71. The molecule has 11 heteroatoms. The molecule has 0 saturated heterocycles. The van der Waals surface area contributed by atoms with Crippen LogP contribution in [-0.2, 0) is 25.7 Å². The van der Waals surface area contributed by atoms with E-state index in [0.717, 1.165) is 0 Å². The summed E-state index contributed by atoms with van der Waals surface area (Å²) in [4.78, 5) is 53.3. The van der Waals surface area contributed by atoms with Gasteiger partial charge in [-0.3, -0.25) is 4.79 Å². The Labute approximate surface area is 157 Å². The highest BCUT2D eigenvalue weighted by Crippen LogP contribution is 2.19. The maximum atomic E-state index is 12.1. The van der Waals surface area contributed by atoms with Crippen molar-refractivity contribution in [3.63, 3.8) is 0 Å². The van der Waals surface area contributed by atoms with Crippen molar-refractivity contribution < 1.29 is 38.5 Å². The highest BCUT2D eigenvalue weighted by atomic mass is 16.9. The number of esters is 3. The van der Waals surface area contributed by atoms with Crippen LogP contribution in [0.1, 0.15) is 33.5 Å². The minimum absolute atomic E-state index is 0.00600. The molecule has 0 N–H and O–H groups in total. The smallest absolute Gasteiger partial charge is 0.359 e. The summed E-state index contributed by atoms with van der Waals surface area (Å²) in [6.07, 6.45) is 0. The highest BCUT2D eigenvalue weighted by molar-refractivity contribution is 5.93. The maximum absolute atomic E-state index is 12.1. The molecule has 0 aliphatic rings. The van der Waals surface area contributed by atoms with Gasteiger partial charge in [-0.1, -0.05) is 18.2 Å². The molecule has 1 heterocycles. The van der Waals surface area contributed by atoms with Gasteiger partial charge in [0.15, 0.2) is 0 Å². The molecule has 0 aliphatic heterocycles. The number of hydrogen-bond donors (Lipinski definition) is 0. The first-order chi connectivity index (χ1) is 13.4. The maximum Gasteiger partial charge on any atom is 0.359 e. The number of aromatic nitrogens is 1. The molecule has 0 atom stereocenters. The molecule has 0 spiro atoms. The standard InChI is InChI=1S/C17H14N2O9/c1-11(20)28-15-8-3-2-6-13(15)16(21)25-10-26-17(22)14-7-4-5-12(18-14)9-27-19(23)24/h2-8H,9-10H2,1H3. The third kappa shape index (κ3) is 6.05. The molecule has 146 valence electrons. The molecule has 0 unspecified atom stereocenters. The summed E-state index contributed by atoms with van der Waals surface area (Å²) >= 11 is 0. The second kappa shape index (κ2) is 9.62. The van der Waals surface area contributed by atoms with Gasteiger partial charge in [0, 0.05) is 6.92 Å². The van der Waals surface area contributed by atoms with Gasteiger partial charge >= 0.3 is 17.9 Å². The number of ether oxygens (including phenoxy) is 3. The van der Waals surface area contributed by atoms with Gasteiger partial charge in [-0.15, -0.1) is 10.1 Å². The summed E-state index contributed by atoms with van der Waals surface area (Å²) in [5.74, 6) is -2.39. The van der Waals surface area contributed by atoms with E-state index >= 15 is 0 Å². The summed E-state index contributed by atoms with van der Waals surface area (Å²) in [7, 11) is 0. The van der Waals surface area contributed by atoms with Crippen molar-refractivity contribution in [1.29, 1.82) is 0 Å². The SMILES string of the molecule is CC(=O)Oc1ccccc1C(=O)OCOC(=O)c1cccc(CO[N+](=O)[O-])n1. The summed E-state index contributed by atoms with van der Waals surface area (Å²) in [6, 6.07) is 10.1. The van der Waals surface area contributed by atoms with Crippen molar-refractivity contribution in [2.45, 2.75) is 13.5 Å². The topological polar surface area (TPSA) is 144 Å². The molecule has 28 heavy (non-hydrogen) atoms. The third-order valence-corrected chi connectivity index (χ3v) is 3.07. The van der Waals surface area contributed by atoms with Gasteiger partial charge in [-0.05, 0) is 24.3 Å². The Morgan fingerprint density at radius 3 is 2.46 bits per heavy atom. The second-order valence-electron chi connectivity index (χ2n) is 5.08. The molecule has 0 radical (unpaired) electrons. The molecule has 11 nitrogen and oxygen atoms in total. The van der Waals surface area contributed by atoms with Crippen molar-refractivity contribution in [2.75, 3.05) is 6.79 Å². The zero-order valence-electron chi connectivity index (χ0n) is 14.5. The second-order valence-corrected chi connectivity index (χ2v) is 5.08. The van der Waals surface area contributed by atoms with Crippen molar-refractivity contribution >= 4 is 17.9 Å². The number of rotatable bonds is 8. The van der Waals surface area contributed by atoms with Gasteiger partial charge in [-0.2, -0.15) is 0 Å². The molecule has 1 aromatic heterocycles. The summed E-state index contributed by atoms with van der Waals surface area (Å²) in [5.41, 5.74) is -0.0370. The molecule has 2 aromatic rings. The number of para-hydroxylation sites is 1. The van der Waals surface area contributed by atoms with Crippen LogP contribution in [0.4, 0.5) is 0 Å². The Bertz CT molecular complexity index is 898. The number of nitrogens with zero attached hydrogens (tertiary/aromatic N) is 2. The lowest BCUT2D eigenvalue weighted by Gasteiger charge is -2.09. The van der Waals surface area contributed by atoms with Crippen LogP contribution in [-0.4, -0.2) is 34.8 Å². The summed E-state index contributed by atoms with van der Waals surface area (Å²) < 4.78 is 14.5. The van der Waals surface area contributed by atoms with Crippen LogP contribution in [0.2, 0.25) is 0 Å². The lowest BCUT2D eigenvalue weighted by Crippen LogP contribution is -2.16. The van der Waals surface area contributed by atoms with Crippen molar-refractivity contribution in [3.8, 4) is 5.75 Å². The van der Waals surface area contributed by atoms with Crippen LogP contribution in [0.5, 0.6) is 5.75 Å². The fourth-order valence-corrected chi connectivity index (χ4v) is 1.96. The molecular weight excluding hydrogens is 376 g/mol. The average Bonchev–Trinajstić information content (AvgIpc) is 2.66. The van der Waals surface area contributed by atoms with E-state index in [9.17, 15) is 24.5 Å². The van der Waals surface area contributed by atoms with E-state index < -0.39 is 36.4 Å². The Morgan fingerprint density at radius 2 is 1.75 bits per heavy atom. The monoisotopic (exact) mass is 390 g/mol. The Kier molecular flexibility index (Phi) is 6.97. The Morgan fingerprint density at radius 1 is 1.04 bits per heavy atom. The van der Waals surface area contributed by atoms with E-state index in [2.05, 4.69) is 9.82 Å². The Hall–Kier alpha value is -4.02. The number of benzene rings is 1. The highest BCUT2D eigenvalue weighted by Gasteiger charge is 2.16. The lowest BCUT2D eigenvalue weighted by atomic mass is 10.2. The van der Waals surface area contributed by atoms with Crippen LogP contribution < -0.4 is 4.74 Å². The molecule has 2 rings (SSSR count). The van der Waals surface area contributed by atoms with Crippen molar-refractivity contribution in [1.82, 2.24) is 4.98 Å². The van der Waals surface area contributed by atoms with E-state index in [1.54, 1.807) is 6.07 Å². The quantitative estimate of drug-likeness (QED) is 0.215. The molecule has 0 saturated carbocycles. The van der Waals surface area contributed by atoms with E-state index in [1.807, 2.05) is 0 Å². The normalized spacial score (nSPS) is 9.89. The van der Waals surface area contributed by atoms with E-state index in [0.29, 0.717) is 0 Å². The van der Waals surface area contributed by atoms with Crippen LogP contribution >= 0.6 is 0 Å². The van der Waals surface area contributed by atoms with Crippen molar-refractivity contribution in [2.24, 2.45) is 0 Å². The van der Waals surface area contributed by atoms with Crippen LogP contribution in [0.25, 0.3) is 0 Å². The first kappa shape index (κ1) is 20.3. The van der Waals surface area contributed by atoms with E-state index in [1.165, 1.54) is 43.3 Å². The van der Waals surface area contributed by atoms with Gasteiger partial charge in [0.2, 0.25) is 6.79 Å². The number of pyridine rings is 1. The molecule has 0 bridgehead atoms. The lowest BCUT2D eigenvalue weighted by molar-refractivity contribution is -0.763. The minimum Gasteiger partial charge on any atom is -0.426 e. The number of carbonyl (C=O) groups is 3. The zero-order chi connectivity index (χ0) is 20.5. The molecular formula is C17H14N2O9. The van der Waals surface area contributed by atoms with Gasteiger partial charge in [-0.25, -0.2) is 14.6 Å². The summed E-state index contributed by atoms with van der Waals surface area (Å²) in [6.45, 7) is 0.0289. The minimum atomic E-state index is -0.986. The van der Waals surface area contributed by atoms with Crippen LogP contribution in [0.15, 0.2) is 42.5 Å². The molecule has 1 aromatic carbocycles. The van der Waals surface area contributed by atoms with Crippen LogP contribution in [0, 0.1) is 10.1 Å². The van der Waals surface area contributed by atoms with Gasteiger partial charge in [0.05, 0.1) is 5.69 Å². The number of hydrogen-bond acceptors (Lipinski definition) is 10. The molecule has 0 amide bonds. The molecule has 0 aliphatic carbocycles. The van der Waals surface area contributed by atoms with Gasteiger partial charge in [0.25, 0.3) is 5.09 Å². The Balaban J connectivity index is 1.92. The first-order valence-electron chi connectivity index (χ1n) is 7.71. The molecule has 0 fully saturated rings. The van der Waals surface area contributed by atoms with E-state index in [-0.39, 0.29) is 22.7 Å². The fraction of sp³-hybridized carbons (Fsp3) is 0.176. The zero-order valence-corrected chi connectivity index (χ0v) is 14.5. The predicted molar refractivity (Wildman–Crippen MR) is 89.5 cm³/mol. The van der Waals surface area contributed by atoms with E-state index in [4.69, 9.17) is 14.2 Å². The van der Waals surface area contributed by atoms with Gasteiger partial charge in [0.1, 0.15) is 23.6 Å². The summed E-state index contributed by atoms with van der Waals surface area (Å²) in [5, 5.41) is 9.20. The largest absolute Gasteiger partial charge is 0.426 e. The third-order valence-electron chi connectivity index (χ3n) is 3.07. The van der Waals surface area contributed by atoms with Gasteiger partial charge < -0.3 is 19.0 Å².